The number of anilines is 1. The number of nitrogens with one attached hydrogen (secondary N) is 1. The van der Waals surface area contributed by atoms with Crippen molar-refractivity contribution in [2.75, 3.05) is 45.7 Å². The molecule has 1 saturated heterocycles. The minimum absolute atomic E-state index is 0.496. The predicted octanol–water partition coefficient (Wildman–Crippen LogP) is 1.12. The van der Waals surface area contributed by atoms with Gasteiger partial charge in [0.1, 0.15) is 5.00 Å². The van der Waals surface area contributed by atoms with Crippen LogP contribution in [-0.2, 0) is 4.74 Å². The molecular formula is C19H24N4OS. The number of ether oxygens (including phenoxy) is 1. The van der Waals surface area contributed by atoms with Crippen molar-refractivity contribution in [3.05, 3.63) is 45.9 Å². The third-order valence-corrected chi connectivity index (χ3v) is 5.94. The first-order valence-electron chi connectivity index (χ1n) is 8.72. The van der Waals surface area contributed by atoms with Gasteiger partial charge in [0, 0.05) is 62.6 Å². The van der Waals surface area contributed by atoms with Gasteiger partial charge in [0.25, 0.3) is 0 Å². The van der Waals surface area contributed by atoms with Gasteiger partial charge in [0.2, 0.25) is 0 Å². The predicted molar refractivity (Wildman–Crippen MR) is 103 cm³/mol. The van der Waals surface area contributed by atoms with Crippen LogP contribution < -0.4 is 15.9 Å². The Hall–Kier alpha value is -1.89. The molecule has 4 heterocycles. The van der Waals surface area contributed by atoms with E-state index in [0.29, 0.717) is 6.04 Å². The Morgan fingerprint density at radius 3 is 3.16 bits per heavy atom. The maximum absolute atomic E-state index is 5.32. The average molecular weight is 356 g/mol. The number of rotatable bonds is 4. The van der Waals surface area contributed by atoms with Crippen molar-refractivity contribution in [2.45, 2.75) is 12.5 Å². The van der Waals surface area contributed by atoms with Crippen molar-refractivity contribution in [2.24, 2.45) is 0 Å². The van der Waals surface area contributed by atoms with Crippen LogP contribution >= 0.6 is 11.3 Å². The summed E-state index contributed by atoms with van der Waals surface area (Å²) in [5.74, 6) is 0. The zero-order chi connectivity index (χ0) is 17.2. The lowest BCUT2D eigenvalue weighted by Crippen LogP contribution is -2.52. The third-order valence-electron chi connectivity index (χ3n) is 5.09. The Morgan fingerprint density at radius 2 is 2.28 bits per heavy atom. The molecule has 0 bridgehead atoms. The summed E-state index contributed by atoms with van der Waals surface area (Å²) in [5.41, 5.74) is 2.51. The molecule has 2 aliphatic heterocycles. The number of piperazine rings is 1. The highest BCUT2D eigenvalue weighted by Gasteiger charge is 2.28. The number of methoxy groups -OCH3 is 1. The van der Waals surface area contributed by atoms with Gasteiger partial charge in [0.05, 0.1) is 11.0 Å². The summed E-state index contributed by atoms with van der Waals surface area (Å²) in [6.45, 7) is 3.86. The van der Waals surface area contributed by atoms with Gasteiger partial charge >= 0.3 is 0 Å². The lowest BCUT2D eigenvalue weighted by Gasteiger charge is -2.41. The molecule has 6 heteroatoms. The number of aromatic nitrogens is 1. The number of pyridine rings is 1. The third kappa shape index (κ3) is 3.17. The van der Waals surface area contributed by atoms with Crippen molar-refractivity contribution in [3.8, 4) is 0 Å². The second-order valence-corrected chi connectivity index (χ2v) is 7.52. The summed E-state index contributed by atoms with van der Waals surface area (Å²) in [7, 11) is 3.99. The summed E-state index contributed by atoms with van der Waals surface area (Å²) in [4.78, 5) is 9.70. The Morgan fingerprint density at radius 1 is 1.36 bits per heavy atom. The van der Waals surface area contributed by atoms with Crippen LogP contribution in [0.2, 0.25) is 0 Å². The first-order valence-corrected chi connectivity index (χ1v) is 9.60. The van der Waals surface area contributed by atoms with E-state index in [1.54, 1.807) is 18.4 Å². The average Bonchev–Trinajstić information content (AvgIpc) is 3.03. The van der Waals surface area contributed by atoms with E-state index in [1.165, 1.54) is 16.3 Å². The Balaban J connectivity index is 1.78. The standard InChI is InChI=1S/C19H24N4OS/c1-22-8-9-23(13-15(22)5-10-24-2)18-16-6-11-25-19(16)21-12-14-4-3-7-20-17(14)18/h3-4,6-7,11-12,15,21H,5,8-10,13H2,1-2H3. The highest BCUT2D eigenvalue weighted by atomic mass is 32.1. The summed E-state index contributed by atoms with van der Waals surface area (Å²) in [5, 5.41) is 9.02. The molecule has 1 atom stereocenters. The van der Waals surface area contributed by atoms with Gasteiger partial charge in [-0.15, -0.1) is 11.3 Å². The first-order chi connectivity index (χ1) is 12.3. The van der Waals surface area contributed by atoms with Crippen LogP contribution in [-0.4, -0.2) is 61.2 Å². The fourth-order valence-corrected chi connectivity index (χ4v) is 4.40. The molecule has 0 aliphatic carbocycles. The fraction of sp³-hybridized carbons (Fsp3) is 0.421. The summed E-state index contributed by atoms with van der Waals surface area (Å²) in [6, 6.07) is 6.84. The van der Waals surface area contributed by atoms with Crippen molar-refractivity contribution in [1.29, 1.82) is 0 Å². The van der Waals surface area contributed by atoms with E-state index in [9.17, 15) is 0 Å². The van der Waals surface area contributed by atoms with Crippen molar-refractivity contribution in [1.82, 2.24) is 14.8 Å². The molecule has 1 N–H and O–H groups in total. The van der Waals surface area contributed by atoms with E-state index in [-0.39, 0.29) is 0 Å². The van der Waals surface area contributed by atoms with Gasteiger partial charge in [0.15, 0.2) is 0 Å². The van der Waals surface area contributed by atoms with Crippen LogP contribution in [0.5, 0.6) is 0 Å². The highest BCUT2D eigenvalue weighted by molar-refractivity contribution is 7.14. The van der Waals surface area contributed by atoms with E-state index in [4.69, 9.17) is 9.72 Å². The minimum atomic E-state index is 0.496. The van der Waals surface area contributed by atoms with Gasteiger partial charge in [-0.25, -0.2) is 0 Å². The van der Waals surface area contributed by atoms with Crippen molar-refractivity contribution in [3.63, 3.8) is 0 Å². The molecule has 0 aromatic carbocycles. The molecule has 1 unspecified atom stereocenters. The molecule has 1 fully saturated rings. The number of nitrogens with zero attached hydrogens (tertiary/aromatic N) is 3. The van der Waals surface area contributed by atoms with E-state index < -0.39 is 0 Å². The number of fused-ring (bicyclic) bond motifs is 2. The number of hydrogen-bond donors (Lipinski definition) is 1. The molecule has 0 saturated carbocycles. The van der Waals surface area contributed by atoms with Gasteiger partial charge in [-0.2, -0.15) is 0 Å². The second-order valence-electron chi connectivity index (χ2n) is 6.60. The van der Waals surface area contributed by atoms with Crippen LogP contribution in [0.15, 0.2) is 29.8 Å². The molecular weight excluding hydrogens is 332 g/mol. The lowest BCUT2D eigenvalue weighted by atomic mass is 10.1. The maximum Gasteiger partial charge on any atom is 0.102 e. The van der Waals surface area contributed by atoms with Gasteiger partial charge in [-0.3, -0.25) is 9.88 Å². The zero-order valence-electron chi connectivity index (χ0n) is 14.7. The number of hydrogen-bond acceptors (Lipinski definition) is 6. The minimum Gasteiger partial charge on any atom is -0.385 e. The Bertz CT molecular complexity index is 862. The highest BCUT2D eigenvalue weighted by Crippen LogP contribution is 2.32. The van der Waals surface area contributed by atoms with E-state index in [1.807, 2.05) is 12.3 Å². The second kappa shape index (κ2) is 7.15. The molecule has 25 heavy (non-hydrogen) atoms. The van der Waals surface area contributed by atoms with Gasteiger partial charge in [-0.1, -0.05) is 0 Å². The fourth-order valence-electron chi connectivity index (χ4n) is 3.65. The topological polar surface area (TPSA) is 40.6 Å². The smallest absolute Gasteiger partial charge is 0.102 e. The SMILES string of the molecule is COCCC1CN(C2=c3ncccc3=CNc3sccc32)CCN1C. The summed E-state index contributed by atoms with van der Waals surface area (Å²) >= 11 is 1.74. The first kappa shape index (κ1) is 16.6. The molecule has 4 rings (SSSR count). The Kier molecular flexibility index (Phi) is 4.74. The monoisotopic (exact) mass is 356 g/mol. The van der Waals surface area contributed by atoms with Gasteiger partial charge < -0.3 is 15.0 Å². The largest absolute Gasteiger partial charge is 0.385 e. The van der Waals surface area contributed by atoms with Crippen LogP contribution in [0.25, 0.3) is 11.9 Å². The molecule has 2 aromatic rings. The molecule has 2 aromatic heterocycles. The molecule has 2 aliphatic rings. The van der Waals surface area contributed by atoms with Crippen molar-refractivity contribution >= 4 is 28.2 Å². The molecule has 132 valence electrons. The van der Waals surface area contributed by atoms with Gasteiger partial charge in [-0.05, 0) is 37.0 Å². The quantitative estimate of drug-likeness (QED) is 0.889. The normalized spacial score (nSPS) is 20.3. The maximum atomic E-state index is 5.32. The van der Waals surface area contributed by atoms with Crippen LogP contribution in [0.3, 0.4) is 0 Å². The van der Waals surface area contributed by atoms with Crippen LogP contribution in [0, 0.1) is 0 Å². The Labute approximate surface area is 152 Å². The molecule has 0 spiro atoms. The number of thiophene rings is 1. The van der Waals surface area contributed by atoms with E-state index in [2.05, 4.69) is 45.9 Å². The van der Waals surface area contributed by atoms with E-state index in [0.717, 1.165) is 43.2 Å². The molecule has 5 nitrogen and oxygen atoms in total. The summed E-state index contributed by atoms with van der Waals surface area (Å²) in [6.07, 6.45) is 5.01. The lowest BCUT2D eigenvalue weighted by molar-refractivity contribution is 0.0960. The van der Waals surface area contributed by atoms with E-state index >= 15 is 0 Å². The zero-order valence-corrected chi connectivity index (χ0v) is 15.6. The van der Waals surface area contributed by atoms with Crippen LogP contribution in [0.4, 0.5) is 5.00 Å². The summed E-state index contributed by atoms with van der Waals surface area (Å²) < 4.78 is 5.32. The number of likely N-dealkylation sites (N-methyl/N-ethyl adjacent to an activating group) is 1. The molecule has 0 amide bonds. The van der Waals surface area contributed by atoms with Crippen LogP contribution in [0.1, 0.15) is 12.0 Å². The molecule has 0 radical (unpaired) electrons. The van der Waals surface area contributed by atoms with Crippen molar-refractivity contribution < 1.29 is 4.74 Å².